The van der Waals surface area contributed by atoms with Crippen LogP contribution in [-0.4, -0.2) is 13.1 Å². The SMILES string of the molecule is CNC(Cc1cccc(F)c1Br)C1CCCCC1(C)C. The quantitative estimate of drug-likeness (QED) is 0.818. The van der Waals surface area contributed by atoms with Crippen molar-refractivity contribution in [3.63, 3.8) is 0 Å². The molecular formula is C17H25BrFN. The lowest BCUT2D eigenvalue weighted by molar-refractivity contribution is 0.101. The summed E-state index contributed by atoms with van der Waals surface area (Å²) in [5.74, 6) is 0.483. The number of rotatable bonds is 4. The van der Waals surface area contributed by atoms with Crippen LogP contribution in [0.25, 0.3) is 0 Å². The molecule has 1 nitrogen and oxygen atoms in total. The second kappa shape index (κ2) is 6.57. The number of nitrogens with one attached hydrogen (secondary N) is 1. The first-order chi connectivity index (χ1) is 9.45. The largest absolute Gasteiger partial charge is 0.316 e. The molecule has 1 N–H and O–H groups in total. The van der Waals surface area contributed by atoms with E-state index in [2.05, 4.69) is 35.1 Å². The molecule has 0 saturated heterocycles. The second-order valence-electron chi connectivity index (χ2n) is 6.65. The van der Waals surface area contributed by atoms with E-state index in [4.69, 9.17) is 0 Å². The maximum atomic E-state index is 13.7. The molecule has 3 heteroatoms. The number of likely N-dealkylation sites (N-methyl/N-ethyl adjacent to an activating group) is 1. The third-order valence-corrected chi connectivity index (χ3v) is 5.81. The first-order valence-electron chi connectivity index (χ1n) is 7.56. The van der Waals surface area contributed by atoms with Gasteiger partial charge in [-0.25, -0.2) is 4.39 Å². The highest BCUT2D eigenvalue weighted by Crippen LogP contribution is 2.43. The van der Waals surface area contributed by atoms with Crippen molar-refractivity contribution in [2.24, 2.45) is 11.3 Å². The Kier molecular flexibility index (Phi) is 5.25. The number of hydrogen-bond acceptors (Lipinski definition) is 1. The second-order valence-corrected chi connectivity index (χ2v) is 7.45. The summed E-state index contributed by atoms with van der Waals surface area (Å²) in [6.45, 7) is 4.75. The molecule has 0 spiro atoms. The van der Waals surface area contributed by atoms with Crippen LogP contribution in [0.1, 0.15) is 45.1 Å². The van der Waals surface area contributed by atoms with Gasteiger partial charge in [-0.15, -0.1) is 0 Å². The molecule has 1 aromatic carbocycles. The Labute approximate surface area is 130 Å². The van der Waals surface area contributed by atoms with Gasteiger partial charge < -0.3 is 5.32 Å². The first kappa shape index (κ1) is 16.0. The Morgan fingerprint density at radius 3 is 2.80 bits per heavy atom. The van der Waals surface area contributed by atoms with Crippen molar-refractivity contribution in [1.82, 2.24) is 5.32 Å². The molecule has 1 aromatic rings. The summed E-state index contributed by atoms with van der Waals surface area (Å²) in [6, 6.07) is 5.73. The number of benzene rings is 1. The monoisotopic (exact) mass is 341 g/mol. The van der Waals surface area contributed by atoms with Crippen molar-refractivity contribution in [1.29, 1.82) is 0 Å². The summed E-state index contributed by atoms with van der Waals surface area (Å²) in [6.07, 6.45) is 6.09. The normalized spacial score (nSPS) is 23.6. The molecule has 1 aliphatic rings. The van der Waals surface area contributed by atoms with Crippen LogP contribution in [0.15, 0.2) is 22.7 Å². The van der Waals surface area contributed by atoms with Crippen LogP contribution in [-0.2, 0) is 6.42 Å². The van der Waals surface area contributed by atoms with Gasteiger partial charge in [0.25, 0.3) is 0 Å². The number of halogens is 2. The van der Waals surface area contributed by atoms with E-state index in [0.717, 1.165) is 12.0 Å². The summed E-state index contributed by atoms with van der Waals surface area (Å²) in [5, 5.41) is 3.48. The molecule has 20 heavy (non-hydrogen) atoms. The van der Waals surface area contributed by atoms with Gasteiger partial charge in [0.1, 0.15) is 5.82 Å². The van der Waals surface area contributed by atoms with Crippen molar-refractivity contribution in [2.75, 3.05) is 7.05 Å². The molecule has 0 heterocycles. The van der Waals surface area contributed by atoms with Crippen molar-refractivity contribution >= 4 is 15.9 Å². The Bertz CT molecular complexity index is 458. The van der Waals surface area contributed by atoms with Crippen LogP contribution < -0.4 is 5.32 Å². The molecule has 0 aliphatic heterocycles. The molecular weight excluding hydrogens is 317 g/mol. The Balaban J connectivity index is 2.18. The third kappa shape index (κ3) is 3.43. The third-order valence-electron chi connectivity index (χ3n) is 4.92. The predicted octanol–water partition coefficient (Wildman–Crippen LogP) is 4.94. The van der Waals surface area contributed by atoms with Crippen molar-refractivity contribution in [3.8, 4) is 0 Å². The van der Waals surface area contributed by atoms with Gasteiger partial charge in [-0.3, -0.25) is 0 Å². The lowest BCUT2D eigenvalue weighted by atomic mass is 9.65. The van der Waals surface area contributed by atoms with Gasteiger partial charge in [-0.1, -0.05) is 38.8 Å². The van der Waals surface area contributed by atoms with E-state index in [1.807, 2.05) is 13.1 Å². The standard InChI is InChI=1S/C17H25BrFN/c1-17(2)10-5-4-8-13(17)15(20-3)11-12-7-6-9-14(19)16(12)18/h6-7,9,13,15,20H,4-5,8,10-11H2,1-3H3. The maximum Gasteiger partial charge on any atom is 0.137 e. The zero-order valence-electron chi connectivity index (χ0n) is 12.7. The molecule has 2 atom stereocenters. The van der Waals surface area contributed by atoms with Crippen molar-refractivity contribution in [3.05, 3.63) is 34.1 Å². The van der Waals surface area contributed by atoms with Crippen LogP contribution in [0.2, 0.25) is 0 Å². The van der Waals surface area contributed by atoms with Gasteiger partial charge >= 0.3 is 0 Å². The molecule has 0 aromatic heterocycles. The lowest BCUT2D eigenvalue weighted by Crippen LogP contribution is -2.44. The molecule has 0 bridgehead atoms. The topological polar surface area (TPSA) is 12.0 Å². The van der Waals surface area contributed by atoms with Crippen LogP contribution in [0.5, 0.6) is 0 Å². The Morgan fingerprint density at radius 1 is 1.40 bits per heavy atom. The Morgan fingerprint density at radius 2 is 2.15 bits per heavy atom. The van der Waals surface area contributed by atoms with E-state index in [0.29, 0.717) is 21.8 Å². The molecule has 1 fully saturated rings. The van der Waals surface area contributed by atoms with E-state index in [9.17, 15) is 4.39 Å². The van der Waals surface area contributed by atoms with Gasteiger partial charge in [0.15, 0.2) is 0 Å². The van der Waals surface area contributed by atoms with Gasteiger partial charge in [0.05, 0.1) is 4.47 Å². The molecule has 2 rings (SSSR count). The number of hydrogen-bond donors (Lipinski definition) is 1. The van der Waals surface area contributed by atoms with Gasteiger partial charge in [-0.05, 0) is 65.2 Å². The molecule has 1 aliphatic carbocycles. The summed E-state index contributed by atoms with van der Waals surface area (Å²) in [7, 11) is 2.03. The summed E-state index contributed by atoms with van der Waals surface area (Å²) in [4.78, 5) is 0. The van der Waals surface area contributed by atoms with Crippen LogP contribution >= 0.6 is 15.9 Å². The highest BCUT2D eigenvalue weighted by molar-refractivity contribution is 9.10. The minimum absolute atomic E-state index is 0.166. The fourth-order valence-electron chi connectivity index (χ4n) is 3.66. The van der Waals surface area contributed by atoms with Crippen LogP contribution in [0.4, 0.5) is 4.39 Å². The van der Waals surface area contributed by atoms with E-state index >= 15 is 0 Å². The van der Waals surface area contributed by atoms with Gasteiger partial charge in [0.2, 0.25) is 0 Å². The first-order valence-corrected chi connectivity index (χ1v) is 8.35. The smallest absolute Gasteiger partial charge is 0.137 e. The van der Waals surface area contributed by atoms with Crippen LogP contribution in [0.3, 0.4) is 0 Å². The maximum absolute atomic E-state index is 13.7. The predicted molar refractivity (Wildman–Crippen MR) is 86.4 cm³/mol. The van der Waals surface area contributed by atoms with Gasteiger partial charge in [-0.2, -0.15) is 0 Å². The highest BCUT2D eigenvalue weighted by Gasteiger charge is 2.37. The average Bonchev–Trinajstić information content (AvgIpc) is 2.41. The van der Waals surface area contributed by atoms with E-state index in [1.54, 1.807) is 6.07 Å². The van der Waals surface area contributed by atoms with Crippen LogP contribution in [0, 0.1) is 17.2 Å². The average molecular weight is 342 g/mol. The summed E-state index contributed by atoms with van der Waals surface area (Å²) in [5.41, 5.74) is 1.43. The molecule has 1 saturated carbocycles. The lowest BCUT2D eigenvalue weighted by Gasteiger charge is -2.43. The molecule has 0 radical (unpaired) electrons. The summed E-state index contributed by atoms with van der Waals surface area (Å²) < 4.78 is 14.3. The van der Waals surface area contributed by atoms with Gasteiger partial charge in [0, 0.05) is 6.04 Å². The summed E-state index contributed by atoms with van der Waals surface area (Å²) >= 11 is 3.39. The van der Waals surface area contributed by atoms with Crippen molar-refractivity contribution < 1.29 is 4.39 Å². The van der Waals surface area contributed by atoms with E-state index in [-0.39, 0.29) is 5.82 Å². The molecule has 112 valence electrons. The minimum atomic E-state index is -0.166. The molecule has 0 amide bonds. The minimum Gasteiger partial charge on any atom is -0.316 e. The van der Waals surface area contributed by atoms with E-state index in [1.165, 1.54) is 31.7 Å². The zero-order valence-corrected chi connectivity index (χ0v) is 14.3. The van der Waals surface area contributed by atoms with E-state index < -0.39 is 0 Å². The fraction of sp³-hybridized carbons (Fsp3) is 0.647. The van der Waals surface area contributed by atoms with Crippen molar-refractivity contribution in [2.45, 2.75) is 52.0 Å². The fourth-order valence-corrected chi connectivity index (χ4v) is 4.08. The highest BCUT2D eigenvalue weighted by atomic mass is 79.9. The Hall–Kier alpha value is -0.410. The zero-order chi connectivity index (χ0) is 14.8. The molecule has 2 unspecified atom stereocenters.